The van der Waals surface area contributed by atoms with Gasteiger partial charge in [0.25, 0.3) is 0 Å². The average Bonchev–Trinajstić information content (AvgIpc) is 2.65. The zero-order valence-corrected chi connectivity index (χ0v) is 10.7. The maximum atomic E-state index is 10.5. The summed E-state index contributed by atoms with van der Waals surface area (Å²) in [5.74, 6) is -0.495. The molecule has 1 aromatic rings. The van der Waals surface area contributed by atoms with Crippen molar-refractivity contribution in [2.45, 2.75) is 19.8 Å². The third-order valence-electron chi connectivity index (χ3n) is 2.47. The first kappa shape index (κ1) is 13.2. The normalized spacial score (nSPS) is 12.9. The van der Waals surface area contributed by atoms with Crippen molar-refractivity contribution in [2.24, 2.45) is 5.92 Å². The molecule has 4 heteroatoms. The van der Waals surface area contributed by atoms with E-state index in [-0.39, 0.29) is 12.3 Å². The molecule has 0 aromatic carbocycles. The van der Waals surface area contributed by atoms with Crippen LogP contribution in [0, 0.1) is 5.92 Å². The molecule has 1 N–H and O–H groups in total. The van der Waals surface area contributed by atoms with Crippen LogP contribution in [0.15, 0.2) is 17.5 Å². The summed E-state index contributed by atoms with van der Waals surface area (Å²) >= 11 is 1.77. The Balaban J connectivity index is 2.20. The highest BCUT2D eigenvalue weighted by Gasteiger charge is 2.10. The van der Waals surface area contributed by atoms with E-state index in [1.807, 2.05) is 14.0 Å². The number of rotatable bonds is 7. The molecule has 0 saturated carbocycles. The van der Waals surface area contributed by atoms with Gasteiger partial charge >= 0.3 is 5.97 Å². The summed E-state index contributed by atoms with van der Waals surface area (Å²) in [7, 11) is 2.05. The zero-order chi connectivity index (χ0) is 12.0. The molecule has 1 heterocycles. The molecule has 16 heavy (non-hydrogen) atoms. The molecule has 1 rings (SSSR count). The summed E-state index contributed by atoms with van der Waals surface area (Å²) in [5.41, 5.74) is 0. The molecule has 1 aromatic heterocycles. The van der Waals surface area contributed by atoms with Crippen LogP contribution >= 0.6 is 11.3 Å². The van der Waals surface area contributed by atoms with Gasteiger partial charge < -0.3 is 10.0 Å². The number of hydrogen-bond acceptors (Lipinski definition) is 3. The minimum atomic E-state index is -0.709. The van der Waals surface area contributed by atoms with Crippen molar-refractivity contribution < 1.29 is 9.90 Å². The molecule has 1 unspecified atom stereocenters. The number of hydrogen-bond donors (Lipinski definition) is 1. The van der Waals surface area contributed by atoms with Gasteiger partial charge in [0.15, 0.2) is 0 Å². The van der Waals surface area contributed by atoms with Crippen LogP contribution in [0.4, 0.5) is 0 Å². The number of carboxylic acids is 1. The summed E-state index contributed by atoms with van der Waals surface area (Å²) in [4.78, 5) is 14.1. The molecule has 0 radical (unpaired) electrons. The van der Waals surface area contributed by atoms with Gasteiger partial charge in [-0.15, -0.1) is 11.3 Å². The monoisotopic (exact) mass is 241 g/mol. The highest BCUT2D eigenvalue weighted by Crippen LogP contribution is 2.10. The van der Waals surface area contributed by atoms with Gasteiger partial charge in [-0.2, -0.15) is 0 Å². The molecule has 0 spiro atoms. The van der Waals surface area contributed by atoms with Crippen molar-refractivity contribution in [2.75, 3.05) is 20.1 Å². The first-order chi connectivity index (χ1) is 7.58. The molecular formula is C12H19NO2S. The van der Waals surface area contributed by atoms with Crippen LogP contribution in [0.3, 0.4) is 0 Å². The number of nitrogens with zero attached hydrogens (tertiary/aromatic N) is 1. The minimum Gasteiger partial charge on any atom is -0.481 e. The summed E-state index contributed by atoms with van der Waals surface area (Å²) in [6.45, 7) is 3.82. The van der Waals surface area contributed by atoms with Gasteiger partial charge in [-0.25, -0.2) is 0 Å². The Morgan fingerprint density at radius 2 is 2.38 bits per heavy atom. The van der Waals surface area contributed by atoms with E-state index < -0.39 is 5.97 Å². The van der Waals surface area contributed by atoms with Gasteiger partial charge in [-0.1, -0.05) is 13.0 Å². The van der Waals surface area contributed by atoms with Crippen molar-refractivity contribution in [3.05, 3.63) is 22.4 Å². The third kappa shape index (κ3) is 5.28. The van der Waals surface area contributed by atoms with Gasteiger partial charge in [-0.3, -0.25) is 4.79 Å². The fourth-order valence-electron chi connectivity index (χ4n) is 1.74. The maximum Gasteiger partial charge on any atom is 0.303 e. The average molecular weight is 241 g/mol. The highest BCUT2D eigenvalue weighted by atomic mass is 32.1. The number of carbonyl (C=O) groups is 1. The Hall–Kier alpha value is -0.870. The van der Waals surface area contributed by atoms with E-state index >= 15 is 0 Å². The lowest BCUT2D eigenvalue weighted by Gasteiger charge is -2.19. The third-order valence-corrected chi connectivity index (χ3v) is 3.40. The fraction of sp³-hybridized carbons (Fsp3) is 0.583. The standard InChI is InChI=1S/C12H19NO2S/c1-10(8-12(14)15)9-13(2)6-5-11-4-3-7-16-11/h3-4,7,10H,5-6,8-9H2,1-2H3,(H,14,15). The van der Waals surface area contributed by atoms with Gasteiger partial charge in [0, 0.05) is 24.4 Å². The maximum absolute atomic E-state index is 10.5. The molecule has 1 atom stereocenters. The van der Waals surface area contributed by atoms with E-state index in [0.29, 0.717) is 0 Å². The molecule has 0 amide bonds. The largest absolute Gasteiger partial charge is 0.481 e. The van der Waals surface area contributed by atoms with Crippen LogP contribution in [-0.2, 0) is 11.2 Å². The first-order valence-corrected chi connectivity index (χ1v) is 6.38. The Labute approximate surface area is 101 Å². The minimum absolute atomic E-state index is 0.214. The Morgan fingerprint density at radius 1 is 1.62 bits per heavy atom. The van der Waals surface area contributed by atoms with E-state index in [0.717, 1.165) is 19.5 Å². The zero-order valence-electron chi connectivity index (χ0n) is 9.85. The van der Waals surface area contributed by atoms with E-state index in [1.54, 1.807) is 11.3 Å². The van der Waals surface area contributed by atoms with Crippen LogP contribution in [0.2, 0.25) is 0 Å². The van der Waals surface area contributed by atoms with Gasteiger partial charge in [-0.05, 0) is 30.8 Å². The first-order valence-electron chi connectivity index (χ1n) is 5.50. The van der Waals surface area contributed by atoms with Crippen molar-refractivity contribution >= 4 is 17.3 Å². The molecule has 0 aliphatic heterocycles. The Bertz CT molecular complexity index is 311. The second-order valence-electron chi connectivity index (χ2n) is 4.29. The Kier molecular flexibility index (Phi) is 5.49. The quantitative estimate of drug-likeness (QED) is 0.796. The Morgan fingerprint density at radius 3 is 2.94 bits per heavy atom. The number of likely N-dealkylation sites (N-methyl/N-ethyl adjacent to an activating group) is 1. The predicted molar refractivity (Wildman–Crippen MR) is 66.9 cm³/mol. The summed E-state index contributed by atoms with van der Waals surface area (Å²) in [6.07, 6.45) is 1.30. The number of aliphatic carboxylic acids is 1. The van der Waals surface area contributed by atoms with Crippen molar-refractivity contribution in [1.29, 1.82) is 0 Å². The van der Waals surface area contributed by atoms with Crippen LogP contribution in [0.1, 0.15) is 18.2 Å². The molecule has 0 fully saturated rings. The topological polar surface area (TPSA) is 40.5 Å². The van der Waals surface area contributed by atoms with E-state index in [9.17, 15) is 4.79 Å². The lowest BCUT2D eigenvalue weighted by molar-refractivity contribution is -0.138. The van der Waals surface area contributed by atoms with Gasteiger partial charge in [0.1, 0.15) is 0 Å². The van der Waals surface area contributed by atoms with Gasteiger partial charge in [0.05, 0.1) is 0 Å². The lowest BCUT2D eigenvalue weighted by atomic mass is 10.1. The van der Waals surface area contributed by atoms with Crippen LogP contribution in [0.25, 0.3) is 0 Å². The molecule has 0 aliphatic carbocycles. The summed E-state index contributed by atoms with van der Waals surface area (Å²) < 4.78 is 0. The van der Waals surface area contributed by atoms with Crippen LogP contribution in [0.5, 0.6) is 0 Å². The molecule has 0 aliphatic rings. The summed E-state index contributed by atoms with van der Waals surface area (Å²) in [5, 5.41) is 10.7. The fourth-order valence-corrected chi connectivity index (χ4v) is 2.44. The van der Waals surface area contributed by atoms with E-state index in [2.05, 4.69) is 22.4 Å². The SMILES string of the molecule is CC(CC(=O)O)CN(C)CCc1cccs1. The van der Waals surface area contributed by atoms with Crippen molar-refractivity contribution in [1.82, 2.24) is 4.90 Å². The highest BCUT2D eigenvalue weighted by molar-refractivity contribution is 7.09. The van der Waals surface area contributed by atoms with Crippen LogP contribution < -0.4 is 0 Å². The summed E-state index contributed by atoms with van der Waals surface area (Å²) in [6, 6.07) is 4.20. The number of thiophene rings is 1. The van der Waals surface area contributed by atoms with E-state index in [1.165, 1.54) is 4.88 Å². The second kappa shape index (κ2) is 6.66. The molecule has 0 bridgehead atoms. The van der Waals surface area contributed by atoms with Crippen molar-refractivity contribution in [3.8, 4) is 0 Å². The second-order valence-corrected chi connectivity index (χ2v) is 5.33. The smallest absolute Gasteiger partial charge is 0.303 e. The lowest BCUT2D eigenvalue weighted by Crippen LogP contribution is -2.27. The van der Waals surface area contributed by atoms with Gasteiger partial charge in [0.2, 0.25) is 0 Å². The predicted octanol–water partition coefficient (Wildman–Crippen LogP) is 2.33. The molecular weight excluding hydrogens is 222 g/mol. The van der Waals surface area contributed by atoms with Crippen molar-refractivity contribution in [3.63, 3.8) is 0 Å². The molecule has 0 saturated heterocycles. The number of carboxylic acid groups (broad SMARTS) is 1. The van der Waals surface area contributed by atoms with Crippen LogP contribution in [-0.4, -0.2) is 36.1 Å². The van der Waals surface area contributed by atoms with E-state index in [4.69, 9.17) is 5.11 Å². The molecule has 90 valence electrons. The molecule has 3 nitrogen and oxygen atoms in total.